The van der Waals surface area contributed by atoms with Gasteiger partial charge in [-0.3, -0.25) is 0 Å². The summed E-state index contributed by atoms with van der Waals surface area (Å²) in [7, 11) is 0. The fourth-order valence-corrected chi connectivity index (χ4v) is 1.13. The average Bonchev–Trinajstić information content (AvgIpc) is 2.81. The highest BCUT2D eigenvalue weighted by molar-refractivity contribution is 5.93. The van der Waals surface area contributed by atoms with Gasteiger partial charge in [0.2, 0.25) is 0 Å². The van der Waals surface area contributed by atoms with Gasteiger partial charge in [0, 0.05) is 0 Å². The van der Waals surface area contributed by atoms with Gasteiger partial charge >= 0.3 is 11.9 Å². The Kier molecular flexibility index (Phi) is 3.10. The second-order valence-corrected chi connectivity index (χ2v) is 3.08. The van der Waals surface area contributed by atoms with Gasteiger partial charge in [-0.05, 0) is 20.8 Å². The van der Waals surface area contributed by atoms with Gasteiger partial charge in [-0.1, -0.05) is 0 Å². The molecule has 2 atom stereocenters. The molecule has 14 heavy (non-hydrogen) atoms. The molecule has 0 aliphatic carbocycles. The van der Waals surface area contributed by atoms with E-state index in [2.05, 4.69) is 0 Å². The summed E-state index contributed by atoms with van der Waals surface area (Å²) in [5.41, 5.74) is -1.14. The van der Waals surface area contributed by atoms with E-state index in [1.165, 1.54) is 6.92 Å². The maximum absolute atomic E-state index is 11.3. The van der Waals surface area contributed by atoms with Crippen molar-refractivity contribution in [1.82, 2.24) is 0 Å². The zero-order valence-corrected chi connectivity index (χ0v) is 8.53. The molecular weight excluding hydrogens is 188 g/mol. The SMILES string of the molecule is CCOC(=O)[C@@H]1O[C@]1(C)C(=O)OCC. The van der Waals surface area contributed by atoms with Crippen molar-refractivity contribution in [3.8, 4) is 0 Å². The molecule has 80 valence electrons. The molecule has 5 heteroatoms. The highest BCUT2D eigenvalue weighted by Crippen LogP contribution is 2.38. The normalized spacial score (nSPS) is 29.5. The van der Waals surface area contributed by atoms with Crippen molar-refractivity contribution in [1.29, 1.82) is 0 Å². The van der Waals surface area contributed by atoms with Gasteiger partial charge < -0.3 is 14.2 Å². The monoisotopic (exact) mass is 202 g/mol. The van der Waals surface area contributed by atoms with Crippen molar-refractivity contribution in [2.24, 2.45) is 0 Å². The topological polar surface area (TPSA) is 65.1 Å². The lowest BCUT2D eigenvalue weighted by Gasteiger charge is -2.04. The first kappa shape index (κ1) is 11.0. The molecular formula is C9H14O5. The van der Waals surface area contributed by atoms with Crippen LogP contribution in [0, 0.1) is 0 Å². The lowest BCUT2D eigenvalue weighted by molar-refractivity contribution is -0.150. The van der Waals surface area contributed by atoms with Crippen LogP contribution in [-0.4, -0.2) is 36.9 Å². The summed E-state index contributed by atoms with van der Waals surface area (Å²) in [6.45, 7) is 5.46. The molecule has 0 radical (unpaired) electrons. The van der Waals surface area contributed by atoms with Crippen LogP contribution in [0.1, 0.15) is 20.8 Å². The number of esters is 2. The van der Waals surface area contributed by atoms with Crippen LogP contribution in [0.2, 0.25) is 0 Å². The fourth-order valence-electron chi connectivity index (χ4n) is 1.13. The Morgan fingerprint density at radius 1 is 1.29 bits per heavy atom. The minimum atomic E-state index is -1.14. The predicted molar refractivity (Wildman–Crippen MR) is 46.5 cm³/mol. The number of ether oxygens (including phenoxy) is 3. The lowest BCUT2D eigenvalue weighted by Crippen LogP contribution is -2.30. The first-order valence-electron chi connectivity index (χ1n) is 4.58. The molecule has 0 N–H and O–H groups in total. The first-order valence-corrected chi connectivity index (χ1v) is 4.58. The summed E-state index contributed by atoms with van der Waals surface area (Å²) in [6, 6.07) is 0. The number of rotatable bonds is 4. The summed E-state index contributed by atoms with van der Waals surface area (Å²) in [5, 5.41) is 0. The maximum Gasteiger partial charge on any atom is 0.341 e. The Hall–Kier alpha value is -1.10. The highest BCUT2D eigenvalue weighted by Gasteiger charge is 2.65. The van der Waals surface area contributed by atoms with E-state index < -0.39 is 23.6 Å². The summed E-state index contributed by atoms with van der Waals surface area (Å²) < 4.78 is 14.5. The smallest absolute Gasteiger partial charge is 0.341 e. The van der Waals surface area contributed by atoms with E-state index in [0.29, 0.717) is 0 Å². The Labute approximate surface area is 82.3 Å². The van der Waals surface area contributed by atoms with Crippen LogP contribution in [0.15, 0.2) is 0 Å². The quantitative estimate of drug-likeness (QED) is 0.483. The Morgan fingerprint density at radius 2 is 1.86 bits per heavy atom. The fraction of sp³-hybridized carbons (Fsp3) is 0.778. The van der Waals surface area contributed by atoms with E-state index in [1.54, 1.807) is 13.8 Å². The van der Waals surface area contributed by atoms with E-state index in [-0.39, 0.29) is 13.2 Å². The third kappa shape index (κ3) is 1.87. The Bertz CT molecular complexity index is 250. The van der Waals surface area contributed by atoms with E-state index in [9.17, 15) is 9.59 Å². The van der Waals surface area contributed by atoms with Gasteiger partial charge in [-0.25, -0.2) is 9.59 Å². The van der Waals surface area contributed by atoms with Gasteiger partial charge in [0.1, 0.15) is 0 Å². The van der Waals surface area contributed by atoms with Gasteiger partial charge in [-0.15, -0.1) is 0 Å². The summed E-state index contributed by atoms with van der Waals surface area (Å²) in [4.78, 5) is 22.5. The summed E-state index contributed by atoms with van der Waals surface area (Å²) in [5.74, 6) is -1.03. The average molecular weight is 202 g/mol. The molecule has 0 unspecified atom stereocenters. The first-order chi connectivity index (χ1) is 6.56. The molecule has 0 bridgehead atoms. The predicted octanol–water partition coefficient (Wildman–Crippen LogP) is 0.270. The van der Waals surface area contributed by atoms with Gasteiger partial charge in [0.15, 0.2) is 11.7 Å². The van der Waals surface area contributed by atoms with Crippen LogP contribution >= 0.6 is 0 Å². The number of epoxide rings is 1. The molecule has 1 heterocycles. The second-order valence-electron chi connectivity index (χ2n) is 3.08. The van der Waals surface area contributed by atoms with Crippen LogP contribution in [0.25, 0.3) is 0 Å². The number of carbonyl (C=O) groups is 2. The molecule has 1 fully saturated rings. The van der Waals surface area contributed by atoms with Crippen LogP contribution < -0.4 is 0 Å². The minimum absolute atomic E-state index is 0.271. The van der Waals surface area contributed by atoms with Crippen LogP contribution in [-0.2, 0) is 23.8 Å². The van der Waals surface area contributed by atoms with Gasteiger partial charge in [0.05, 0.1) is 13.2 Å². The van der Waals surface area contributed by atoms with Crippen molar-refractivity contribution >= 4 is 11.9 Å². The zero-order valence-electron chi connectivity index (χ0n) is 8.53. The van der Waals surface area contributed by atoms with Crippen molar-refractivity contribution in [2.45, 2.75) is 32.5 Å². The molecule has 0 aromatic heterocycles. The molecule has 5 nitrogen and oxygen atoms in total. The standard InChI is InChI=1S/C9H14O5/c1-4-12-7(10)6-9(3,14-6)8(11)13-5-2/h6H,4-5H2,1-3H3/t6-,9-/m0/s1. The third-order valence-electron chi connectivity index (χ3n) is 1.99. The molecule has 0 amide bonds. The molecule has 0 aromatic carbocycles. The minimum Gasteiger partial charge on any atom is -0.464 e. The van der Waals surface area contributed by atoms with Crippen LogP contribution in [0.4, 0.5) is 0 Å². The largest absolute Gasteiger partial charge is 0.464 e. The number of hydrogen-bond donors (Lipinski definition) is 0. The van der Waals surface area contributed by atoms with Crippen molar-refractivity contribution in [3.63, 3.8) is 0 Å². The van der Waals surface area contributed by atoms with Crippen molar-refractivity contribution in [2.75, 3.05) is 13.2 Å². The molecule has 1 aliphatic rings. The van der Waals surface area contributed by atoms with Crippen LogP contribution in [0.5, 0.6) is 0 Å². The summed E-state index contributed by atoms with van der Waals surface area (Å²) >= 11 is 0. The van der Waals surface area contributed by atoms with E-state index >= 15 is 0 Å². The van der Waals surface area contributed by atoms with E-state index in [1.807, 2.05) is 0 Å². The second kappa shape index (κ2) is 3.96. The van der Waals surface area contributed by atoms with Crippen LogP contribution in [0.3, 0.4) is 0 Å². The maximum atomic E-state index is 11.3. The van der Waals surface area contributed by atoms with Crippen molar-refractivity contribution < 1.29 is 23.8 Å². The summed E-state index contributed by atoms with van der Waals surface area (Å²) in [6.07, 6.45) is -0.804. The Morgan fingerprint density at radius 3 is 2.36 bits per heavy atom. The molecule has 1 rings (SSSR count). The molecule has 0 saturated carbocycles. The lowest BCUT2D eigenvalue weighted by atomic mass is 10.1. The highest BCUT2D eigenvalue weighted by atomic mass is 16.7. The van der Waals surface area contributed by atoms with E-state index in [4.69, 9.17) is 14.2 Å². The Balaban J connectivity index is 2.49. The van der Waals surface area contributed by atoms with Gasteiger partial charge in [0.25, 0.3) is 0 Å². The zero-order chi connectivity index (χ0) is 10.8. The number of hydrogen-bond acceptors (Lipinski definition) is 5. The molecule has 1 saturated heterocycles. The van der Waals surface area contributed by atoms with Gasteiger partial charge in [-0.2, -0.15) is 0 Å². The van der Waals surface area contributed by atoms with Crippen molar-refractivity contribution in [3.05, 3.63) is 0 Å². The van der Waals surface area contributed by atoms with E-state index in [0.717, 1.165) is 0 Å². The molecule has 0 aromatic rings. The third-order valence-corrected chi connectivity index (χ3v) is 1.99. The number of carbonyl (C=O) groups excluding carboxylic acids is 2. The molecule has 0 spiro atoms. The molecule has 1 aliphatic heterocycles.